The second-order valence-electron chi connectivity index (χ2n) is 6.22. The van der Waals surface area contributed by atoms with Gasteiger partial charge in [-0.3, -0.25) is 9.59 Å². The van der Waals surface area contributed by atoms with Gasteiger partial charge in [-0.25, -0.2) is 0 Å². The highest BCUT2D eigenvalue weighted by Gasteiger charge is 2.27. The molecular formula is C20H23N3O2. The van der Waals surface area contributed by atoms with E-state index in [0.29, 0.717) is 13.1 Å². The van der Waals surface area contributed by atoms with E-state index in [1.54, 1.807) is 4.90 Å². The van der Waals surface area contributed by atoms with Crippen molar-refractivity contribution < 1.29 is 9.59 Å². The van der Waals surface area contributed by atoms with Crippen LogP contribution >= 0.6 is 0 Å². The number of anilines is 1. The average molecular weight is 337 g/mol. The Balaban J connectivity index is 1.53. The van der Waals surface area contributed by atoms with Crippen LogP contribution in [0.3, 0.4) is 0 Å². The fourth-order valence-corrected chi connectivity index (χ4v) is 3.03. The van der Waals surface area contributed by atoms with E-state index >= 15 is 0 Å². The lowest BCUT2D eigenvalue weighted by Crippen LogP contribution is -2.52. The van der Waals surface area contributed by atoms with Crippen molar-refractivity contribution >= 4 is 17.5 Å². The number of piperazine rings is 1. The van der Waals surface area contributed by atoms with Crippen molar-refractivity contribution in [3.63, 3.8) is 0 Å². The van der Waals surface area contributed by atoms with Crippen LogP contribution in [0.25, 0.3) is 0 Å². The molecule has 2 aromatic rings. The first kappa shape index (κ1) is 17.0. The van der Waals surface area contributed by atoms with Gasteiger partial charge < -0.3 is 15.1 Å². The van der Waals surface area contributed by atoms with Crippen LogP contribution in [0.15, 0.2) is 60.7 Å². The minimum Gasteiger partial charge on any atom is -0.368 e. The lowest BCUT2D eigenvalue weighted by Gasteiger charge is -2.35. The van der Waals surface area contributed by atoms with E-state index in [-0.39, 0.29) is 6.04 Å². The number of nitrogens with one attached hydrogen (secondary N) is 1. The molecule has 0 aromatic heterocycles. The minimum absolute atomic E-state index is 0.191. The number of nitrogens with zero attached hydrogens (tertiary/aromatic N) is 2. The Kier molecular flexibility index (Phi) is 5.33. The second-order valence-corrected chi connectivity index (χ2v) is 6.22. The van der Waals surface area contributed by atoms with Crippen LogP contribution in [0, 0.1) is 0 Å². The Hall–Kier alpha value is -2.82. The number of carbonyl (C=O) groups is 2. The molecule has 1 fully saturated rings. The standard InChI is InChI=1S/C20H23N3O2/c1-16(17-8-4-2-5-9-17)21-19(24)20(25)23-14-12-22(13-15-23)18-10-6-3-7-11-18/h2-11,16H,12-15H2,1H3,(H,21,24)/t16-/m0/s1. The maximum Gasteiger partial charge on any atom is 0.312 e. The number of rotatable bonds is 3. The van der Waals surface area contributed by atoms with Crippen LogP contribution in [0.4, 0.5) is 5.69 Å². The molecule has 3 rings (SSSR count). The van der Waals surface area contributed by atoms with Crippen LogP contribution in [0.5, 0.6) is 0 Å². The molecule has 0 aliphatic carbocycles. The molecule has 0 saturated carbocycles. The molecule has 25 heavy (non-hydrogen) atoms. The van der Waals surface area contributed by atoms with Crippen LogP contribution in [-0.2, 0) is 9.59 Å². The molecule has 1 atom stereocenters. The maximum absolute atomic E-state index is 12.4. The summed E-state index contributed by atoms with van der Waals surface area (Å²) in [6, 6.07) is 19.6. The highest BCUT2D eigenvalue weighted by atomic mass is 16.2. The van der Waals surface area contributed by atoms with Gasteiger partial charge in [0.1, 0.15) is 0 Å². The van der Waals surface area contributed by atoms with Gasteiger partial charge in [-0.05, 0) is 24.6 Å². The molecule has 130 valence electrons. The number of carbonyl (C=O) groups excluding carboxylic acids is 2. The quantitative estimate of drug-likeness (QED) is 0.874. The Morgan fingerprint density at radius 1 is 0.880 bits per heavy atom. The van der Waals surface area contributed by atoms with E-state index in [1.807, 2.05) is 55.5 Å². The second kappa shape index (κ2) is 7.83. The molecule has 1 N–H and O–H groups in total. The normalized spacial score (nSPS) is 15.6. The number of amides is 2. The van der Waals surface area contributed by atoms with Crippen LogP contribution in [0.2, 0.25) is 0 Å². The number of benzene rings is 2. The molecule has 0 bridgehead atoms. The lowest BCUT2D eigenvalue weighted by atomic mass is 10.1. The summed E-state index contributed by atoms with van der Waals surface area (Å²) in [5, 5.41) is 2.79. The minimum atomic E-state index is -0.537. The lowest BCUT2D eigenvalue weighted by molar-refractivity contribution is -0.146. The van der Waals surface area contributed by atoms with Gasteiger partial charge in [-0.1, -0.05) is 48.5 Å². The van der Waals surface area contributed by atoms with Gasteiger partial charge in [-0.2, -0.15) is 0 Å². The molecule has 1 aliphatic rings. The van der Waals surface area contributed by atoms with Gasteiger partial charge in [0.25, 0.3) is 0 Å². The third kappa shape index (κ3) is 4.18. The smallest absolute Gasteiger partial charge is 0.312 e. The number of para-hydroxylation sites is 1. The van der Waals surface area contributed by atoms with E-state index in [2.05, 4.69) is 22.3 Å². The zero-order valence-electron chi connectivity index (χ0n) is 14.4. The van der Waals surface area contributed by atoms with E-state index < -0.39 is 11.8 Å². The first-order valence-electron chi connectivity index (χ1n) is 8.60. The Labute approximate surface area is 148 Å². The van der Waals surface area contributed by atoms with E-state index in [9.17, 15) is 9.59 Å². The summed E-state index contributed by atoms with van der Waals surface area (Å²) < 4.78 is 0. The highest BCUT2D eigenvalue weighted by Crippen LogP contribution is 2.16. The first-order chi connectivity index (χ1) is 12.1. The summed E-state index contributed by atoms with van der Waals surface area (Å²) in [5.41, 5.74) is 2.13. The number of hydrogen-bond acceptors (Lipinski definition) is 3. The topological polar surface area (TPSA) is 52.7 Å². The highest BCUT2D eigenvalue weighted by molar-refractivity contribution is 6.35. The zero-order chi connectivity index (χ0) is 17.6. The first-order valence-corrected chi connectivity index (χ1v) is 8.60. The van der Waals surface area contributed by atoms with Gasteiger partial charge >= 0.3 is 11.8 Å². The molecule has 0 unspecified atom stereocenters. The predicted molar refractivity (Wildman–Crippen MR) is 98.2 cm³/mol. The summed E-state index contributed by atoms with van der Waals surface area (Å²) in [7, 11) is 0. The van der Waals surface area contributed by atoms with E-state index in [4.69, 9.17) is 0 Å². The van der Waals surface area contributed by atoms with Gasteiger partial charge in [-0.15, -0.1) is 0 Å². The Morgan fingerprint density at radius 2 is 1.44 bits per heavy atom. The SMILES string of the molecule is C[C@H](NC(=O)C(=O)N1CCN(c2ccccc2)CC1)c1ccccc1. The van der Waals surface area contributed by atoms with Gasteiger partial charge in [0.15, 0.2) is 0 Å². The molecule has 1 saturated heterocycles. The molecule has 2 amide bonds. The van der Waals surface area contributed by atoms with Crippen LogP contribution in [0.1, 0.15) is 18.5 Å². The maximum atomic E-state index is 12.4. The fourth-order valence-electron chi connectivity index (χ4n) is 3.03. The monoisotopic (exact) mass is 337 g/mol. The van der Waals surface area contributed by atoms with Crippen molar-refractivity contribution in [3.8, 4) is 0 Å². The van der Waals surface area contributed by atoms with Gasteiger partial charge in [0.05, 0.1) is 6.04 Å². The number of hydrogen-bond donors (Lipinski definition) is 1. The Morgan fingerprint density at radius 3 is 2.04 bits per heavy atom. The molecule has 1 aliphatic heterocycles. The molecule has 5 nitrogen and oxygen atoms in total. The van der Waals surface area contributed by atoms with Crippen molar-refractivity contribution in [2.24, 2.45) is 0 Å². The van der Waals surface area contributed by atoms with E-state index in [0.717, 1.165) is 24.3 Å². The molecule has 5 heteroatoms. The summed E-state index contributed by atoms with van der Waals surface area (Å²) in [6.07, 6.45) is 0. The molecule has 2 aromatic carbocycles. The summed E-state index contributed by atoms with van der Waals surface area (Å²) in [6.45, 7) is 4.46. The van der Waals surface area contributed by atoms with Gasteiger partial charge in [0, 0.05) is 31.9 Å². The van der Waals surface area contributed by atoms with Crippen molar-refractivity contribution in [2.75, 3.05) is 31.1 Å². The third-order valence-electron chi connectivity index (χ3n) is 4.53. The third-order valence-corrected chi connectivity index (χ3v) is 4.53. The predicted octanol–water partition coefficient (Wildman–Crippen LogP) is 2.21. The van der Waals surface area contributed by atoms with Crippen molar-refractivity contribution in [3.05, 3.63) is 66.2 Å². The van der Waals surface area contributed by atoms with Crippen molar-refractivity contribution in [1.82, 2.24) is 10.2 Å². The fraction of sp³-hybridized carbons (Fsp3) is 0.300. The van der Waals surface area contributed by atoms with Gasteiger partial charge in [0.2, 0.25) is 0 Å². The zero-order valence-corrected chi connectivity index (χ0v) is 14.4. The van der Waals surface area contributed by atoms with E-state index in [1.165, 1.54) is 0 Å². The van der Waals surface area contributed by atoms with Crippen molar-refractivity contribution in [2.45, 2.75) is 13.0 Å². The molecule has 0 spiro atoms. The van der Waals surface area contributed by atoms with Crippen LogP contribution < -0.4 is 10.2 Å². The summed E-state index contributed by atoms with van der Waals surface area (Å²) >= 11 is 0. The van der Waals surface area contributed by atoms with Crippen LogP contribution in [-0.4, -0.2) is 42.9 Å². The molecule has 1 heterocycles. The largest absolute Gasteiger partial charge is 0.368 e. The average Bonchev–Trinajstić information content (AvgIpc) is 2.69. The molecule has 0 radical (unpaired) electrons. The van der Waals surface area contributed by atoms with Crippen molar-refractivity contribution in [1.29, 1.82) is 0 Å². The summed E-state index contributed by atoms with van der Waals surface area (Å²) in [5.74, 6) is -0.986. The summed E-state index contributed by atoms with van der Waals surface area (Å²) in [4.78, 5) is 28.5. The Bertz CT molecular complexity index is 710. The molecular weight excluding hydrogens is 314 g/mol.